The summed E-state index contributed by atoms with van der Waals surface area (Å²) < 4.78 is 23.2. The van der Waals surface area contributed by atoms with Gasteiger partial charge in [-0.25, -0.2) is 8.78 Å². The van der Waals surface area contributed by atoms with Crippen LogP contribution in [0.3, 0.4) is 0 Å². The van der Waals surface area contributed by atoms with Crippen molar-refractivity contribution in [2.24, 2.45) is 5.92 Å². The Kier molecular flexibility index (Phi) is 7.29. The van der Waals surface area contributed by atoms with Gasteiger partial charge in [0.15, 0.2) is 0 Å². The van der Waals surface area contributed by atoms with E-state index >= 15 is 0 Å². The monoisotopic (exact) mass is 180 g/mol. The third-order valence-electron chi connectivity index (χ3n) is 1.33. The van der Waals surface area contributed by atoms with E-state index in [9.17, 15) is 8.78 Å². The van der Waals surface area contributed by atoms with Gasteiger partial charge in [0.1, 0.15) is 0 Å². The molecule has 0 aromatic rings. The van der Waals surface area contributed by atoms with Gasteiger partial charge in [-0.2, -0.15) is 0 Å². The molecule has 2 N–H and O–H groups in total. The number of nitrogens with one attached hydrogen (secondary N) is 2. The van der Waals surface area contributed by atoms with Crippen LogP contribution < -0.4 is 10.6 Å². The molecule has 0 aliphatic heterocycles. The molecule has 0 saturated carbocycles. The van der Waals surface area contributed by atoms with Crippen molar-refractivity contribution < 1.29 is 8.78 Å². The number of hydrogen-bond acceptors (Lipinski definition) is 2. The molecular weight excluding hydrogens is 162 g/mol. The molecule has 0 aliphatic carbocycles. The molecule has 74 valence electrons. The van der Waals surface area contributed by atoms with Crippen LogP contribution in [0.15, 0.2) is 0 Å². The van der Waals surface area contributed by atoms with Crippen molar-refractivity contribution in [3.8, 4) is 0 Å². The maximum absolute atomic E-state index is 11.6. The van der Waals surface area contributed by atoms with Crippen LogP contribution in [0.5, 0.6) is 0 Å². The first-order chi connectivity index (χ1) is 5.63. The first-order valence-corrected chi connectivity index (χ1v) is 4.32. The van der Waals surface area contributed by atoms with E-state index in [4.69, 9.17) is 0 Å². The highest BCUT2D eigenvalue weighted by Gasteiger charge is 1.99. The van der Waals surface area contributed by atoms with E-state index in [0.29, 0.717) is 12.5 Å². The van der Waals surface area contributed by atoms with E-state index in [1.807, 2.05) is 0 Å². The summed E-state index contributed by atoms with van der Waals surface area (Å²) in [5.41, 5.74) is 0. The molecule has 0 heterocycles. The fourth-order valence-electron chi connectivity index (χ4n) is 0.779. The fourth-order valence-corrected chi connectivity index (χ4v) is 0.779. The molecule has 0 amide bonds. The van der Waals surface area contributed by atoms with E-state index in [-0.39, 0.29) is 6.54 Å². The fraction of sp³-hybridized carbons (Fsp3) is 1.00. The van der Waals surface area contributed by atoms with Crippen LogP contribution >= 0.6 is 0 Å². The largest absolute Gasteiger partial charge is 0.315 e. The summed E-state index contributed by atoms with van der Waals surface area (Å²) >= 11 is 0. The molecule has 0 bridgehead atoms. The van der Waals surface area contributed by atoms with Gasteiger partial charge in [0, 0.05) is 13.1 Å². The molecule has 0 atom stereocenters. The molecule has 0 rings (SSSR count). The average Bonchev–Trinajstić information content (AvgIpc) is 1.95. The van der Waals surface area contributed by atoms with Gasteiger partial charge in [-0.3, -0.25) is 0 Å². The van der Waals surface area contributed by atoms with Crippen LogP contribution in [0.2, 0.25) is 0 Å². The van der Waals surface area contributed by atoms with Gasteiger partial charge in [-0.15, -0.1) is 0 Å². The third-order valence-corrected chi connectivity index (χ3v) is 1.33. The summed E-state index contributed by atoms with van der Waals surface area (Å²) in [4.78, 5) is 0. The van der Waals surface area contributed by atoms with Gasteiger partial charge >= 0.3 is 0 Å². The van der Waals surface area contributed by atoms with E-state index in [1.54, 1.807) is 0 Å². The van der Waals surface area contributed by atoms with Crippen LogP contribution in [0, 0.1) is 5.92 Å². The summed E-state index contributed by atoms with van der Waals surface area (Å²) in [6.07, 6.45) is -2.24. The Bertz CT molecular complexity index is 85.1. The number of hydrogen-bond donors (Lipinski definition) is 2. The quantitative estimate of drug-likeness (QED) is 0.573. The third kappa shape index (κ3) is 9.78. The van der Waals surface area contributed by atoms with Crippen LogP contribution in [0.25, 0.3) is 0 Å². The Labute approximate surface area is 72.7 Å². The zero-order valence-corrected chi connectivity index (χ0v) is 7.74. The number of halogens is 2. The number of rotatable bonds is 7. The lowest BCUT2D eigenvalue weighted by atomic mass is 10.2. The van der Waals surface area contributed by atoms with Gasteiger partial charge in [0.05, 0.1) is 6.54 Å². The molecule has 2 nitrogen and oxygen atoms in total. The minimum absolute atomic E-state index is 0.205. The normalized spacial score (nSPS) is 11.5. The topological polar surface area (TPSA) is 24.1 Å². The van der Waals surface area contributed by atoms with Crippen LogP contribution in [0.1, 0.15) is 13.8 Å². The highest BCUT2D eigenvalue weighted by molar-refractivity contribution is 4.54. The minimum atomic E-state index is -2.24. The molecule has 12 heavy (non-hydrogen) atoms. The molecular formula is C8H18F2N2. The standard InChI is InChI=1S/C8H18F2N2/c1-7(2)5-11-3-4-12-6-8(9)10/h7-8,11-12H,3-6H2,1-2H3. The predicted octanol–water partition coefficient (Wildman–Crippen LogP) is 1.09. The lowest BCUT2D eigenvalue weighted by Crippen LogP contribution is -2.31. The summed E-state index contributed by atoms with van der Waals surface area (Å²) in [7, 11) is 0. The highest BCUT2D eigenvalue weighted by Crippen LogP contribution is 1.87. The summed E-state index contributed by atoms with van der Waals surface area (Å²) in [5.74, 6) is 0.611. The van der Waals surface area contributed by atoms with Gasteiger partial charge in [0.25, 0.3) is 6.43 Å². The maximum atomic E-state index is 11.6. The Morgan fingerprint density at radius 2 is 1.50 bits per heavy atom. The molecule has 0 radical (unpaired) electrons. The number of alkyl halides is 2. The second-order valence-corrected chi connectivity index (χ2v) is 3.19. The maximum Gasteiger partial charge on any atom is 0.250 e. The lowest BCUT2D eigenvalue weighted by molar-refractivity contribution is 0.146. The van der Waals surface area contributed by atoms with Gasteiger partial charge in [-0.1, -0.05) is 13.8 Å². The molecule has 0 aliphatic rings. The summed E-state index contributed by atoms with van der Waals surface area (Å²) in [6, 6.07) is 0. The molecule has 0 saturated heterocycles. The van der Waals surface area contributed by atoms with Crippen molar-refractivity contribution in [3.63, 3.8) is 0 Å². The van der Waals surface area contributed by atoms with Crippen LogP contribution in [-0.2, 0) is 0 Å². The average molecular weight is 180 g/mol. The second-order valence-electron chi connectivity index (χ2n) is 3.19. The minimum Gasteiger partial charge on any atom is -0.315 e. The van der Waals surface area contributed by atoms with Gasteiger partial charge in [-0.05, 0) is 12.5 Å². The SMILES string of the molecule is CC(C)CNCCNCC(F)F. The molecule has 0 aromatic carbocycles. The molecule has 0 unspecified atom stereocenters. The summed E-state index contributed by atoms with van der Waals surface area (Å²) in [5, 5.41) is 5.80. The van der Waals surface area contributed by atoms with Crippen molar-refractivity contribution >= 4 is 0 Å². The zero-order valence-electron chi connectivity index (χ0n) is 7.74. The Hall–Kier alpha value is -0.220. The van der Waals surface area contributed by atoms with Crippen molar-refractivity contribution in [1.29, 1.82) is 0 Å². The van der Waals surface area contributed by atoms with E-state index in [0.717, 1.165) is 13.1 Å². The summed E-state index contributed by atoms with van der Waals surface area (Å²) in [6.45, 7) is 6.32. The first-order valence-electron chi connectivity index (χ1n) is 4.32. The smallest absolute Gasteiger partial charge is 0.250 e. The first kappa shape index (κ1) is 11.8. The van der Waals surface area contributed by atoms with E-state index < -0.39 is 6.43 Å². The zero-order chi connectivity index (χ0) is 9.40. The Morgan fingerprint density at radius 3 is 1.92 bits per heavy atom. The molecule has 0 aromatic heterocycles. The lowest BCUT2D eigenvalue weighted by Gasteiger charge is -2.07. The van der Waals surface area contributed by atoms with Gasteiger partial charge < -0.3 is 10.6 Å². The Balaban J connectivity index is 2.91. The highest BCUT2D eigenvalue weighted by atomic mass is 19.3. The van der Waals surface area contributed by atoms with Crippen molar-refractivity contribution in [3.05, 3.63) is 0 Å². The molecule has 4 heteroatoms. The van der Waals surface area contributed by atoms with Crippen LogP contribution in [-0.4, -0.2) is 32.6 Å². The van der Waals surface area contributed by atoms with Crippen molar-refractivity contribution in [2.45, 2.75) is 20.3 Å². The van der Waals surface area contributed by atoms with Gasteiger partial charge in [0.2, 0.25) is 0 Å². The second kappa shape index (κ2) is 7.43. The van der Waals surface area contributed by atoms with Crippen molar-refractivity contribution in [1.82, 2.24) is 10.6 Å². The Morgan fingerprint density at radius 1 is 1.00 bits per heavy atom. The molecule has 0 fully saturated rings. The molecule has 0 spiro atoms. The van der Waals surface area contributed by atoms with Crippen LogP contribution in [0.4, 0.5) is 8.78 Å². The van der Waals surface area contributed by atoms with E-state index in [1.165, 1.54) is 0 Å². The predicted molar refractivity (Wildman–Crippen MR) is 46.6 cm³/mol. The van der Waals surface area contributed by atoms with E-state index in [2.05, 4.69) is 24.5 Å². The van der Waals surface area contributed by atoms with Crippen molar-refractivity contribution in [2.75, 3.05) is 26.2 Å².